The van der Waals surface area contributed by atoms with Crippen molar-refractivity contribution < 1.29 is 38.6 Å². The monoisotopic (exact) mass is 696 g/mol. The quantitative estimate of drug-likeness (QED) is 0.138. The molecule has 0 bridgehead atoms. The summed E-state index contributed by atoms with van der Waals surface area (Å²) in [6.45, 7) is 12.6. The minimum absolute atomic E-state index is 0.00800. The van der Waals surface area contributed by atoms with E-state index in [9.17, 15) is 29.1 Å². The predicted molar refractivity (Wildman–Crippen MR) is 190 cm³/mol. The highest BCUT2D eigenvalue weighted by atomic mass is 16.5. The zero-order valence-corrected chi connectivity index (χ0v) is 30.6. The molecule has 12 heteroatoms. The predicted octanol–water partition coefficient (Wildman–Crippen LogP) is 3.90. The van der Waals surface area contributed by atoms with Crippen LogP contribution in [0, 0.1) is 23.7 Å². The summed E-state index contributed by atoms with van der Waals surface area (Å²) in [5.74, 6) is -3.25. The number of benzene rings is 2. The lowest BCUT2D eigenvalue weighted by atomic mass is 9.87. The summed E-state index contributed by atoms with van der Waals surface area (Å²) in [5, 5.41) is 22.6. The van der Waals surface area contributed by atoms with E-state index in [2.05, 4.69) is 21.3 Å². The van der Waals surface area contributed by atoms with Crippen LogP contribution < -0.4 is 21.3 Å². The van der Waals surface area contributed by atoms with Gasteiger partial charge >= 0.3 is 12.1 Å². The Kier molecular flexibility index (Phi) is 17.5. The van der Waals surface area contributed by atoms with E-state index >= 15 is 0 Å². The molecule has 0 heterocycles. The van der Waals surface area contributed by atoms with E-state index < -0.39 is 66.0 Å². The van der Waals surface area contributed by atoms with Gasteiger partial charge in [-0.05, 0) is 55.1 Å². The Hall–Kier alpha value is -4.45. The minimum Gasteiger partial charge on any atom is -0.467 e. The molecule has 2 aromatic carbocycles. The molecule has 0 aliphatic rings. The molecular weight excluding hydrogens is 640 g/mol. The number of esters is 1. The van der Waals surface area contributed by atoms with Crippen molar-refractivity contribution >= 4 is 29.8 Å². The Labute approximate surface area is 296 Å². The molecule has 6 atom stereocenters. The summed E-state index contributed by atoms with van der Waals surface area (Å²) >= 11 is 0. The van der Waals surface area contributed by atoms with E-state index in [1.807, 2.05) is 74.5 Å². The topological polar surface area (TPSA) is 172 Å². The van der Waals surface area contributed by atoms with E-state index in [4.69, 9.17) is 9.47 Å². The van der Waals surface area contributed by atoms with Crippen molar-refractivity contribution in [3.8, 4) is 0 Å². The molecular formula is C38H56N4O8. The van der Waals surface area contributed by atoms with E-state index in [1.165, 1.54) is 14.0 Å². The molecule has 0 aromatic heterocycles. The van der Waals surface area contributed by atoms with Crippen LogP contribution in [0.3, 0.4) is 0 Å². The molecule has 0 aliphatic carbocycles. The van der Waals surface area contributed by atoms with Crippen molar-refractivity contribution in [2.45, 2.75) is 105 Å². The van der Waals surface area contributed by atoms with Crippen LogP contribution >= 0.6 is 0 Å². The standard InChI is InChI=1S/C38H56N4O8/c1-23(2)19-29(35(45)41-32(24(3)4)36(46)42-33(25(5)6)37(47)49-8)21-31(43)30(20-27-15-11-9-12-16-27)40-34(44)26(7)39-38(48)50-22-28-17-13-10-14-18-28/h9-18,23-26,29-33,43H,19-22H2,1-8H3,(H,39,48)(H,40,44)(H,41,45)(H,42,46)/t26-,29?,30-,31-,32+,33?/m0/s1. The Morgan fingerprint density at radius 3 is 1.72 bits per heavy atom. The van der Waals surface area contributed by atoms with Crippen molar-refractivity contribution in [1.29, 1.82) is 0 Å². The molecule has 0 radical (unpaired) electrons. The van der Waals surface area contributed by atoms with Gasteiger partial charge in [-0.1, -0.05) is 102 Å². The molecule has 0 saturated carbocycles. The first-order valence-electron chi connectivity index (χ1n) is 17.3. The lowest BCUT2D eigenvalue weighted by molar-refractivity contribution is -0.147. The van der Waals surface area contributed by atoms with Crippen LogP contribution in [0.2, 0.25) is 0 Å². The zero-order valence-electron chi connectivity index (χ0n) is 30.6. The Balaban J connectivity index is 2.20. The number of rotatable bonds is 19. The molecule has 0 fully saturated rings. The maximum Gasteiger partial charge on any atom is 0.408 e. The van der Waals surface area contributed by atoms with Crippen molar-refractivity contribution in [3.63, 3.8) is 0 Å². The van der Waals surface area contributed by atoms with Crippen LogP contribution in [0.15, 0.2) is 60.7 Å². The summed E-state index contributed by atoms with van der Waals surface area (Å²) in [4.78, 5) is 65.2. The zero-order chi connectivity index (χ0) is 37.4. The van der Waals surface area contributed by atoms with Gasteiger partial charge in [0.15, 0.2) is 0 Å². The molecule has 0 saturated heterocycles. The van der Waals surface area contributed by atoms with Gasteiger partial charge in [0.05, 0.1) is 19.3 Å². The SMILES string of the molecule is COC(=O)C(NC(=O)[C@H](NC(=O)C(CC(C)C)C[C@H](O)[C@H](Cc1ccccc1)NC(=O)[C@H](C)NC(=O)OCc1ccccc1)C(C)C)C(C)C. The number of hydrogen-bond acceptors (Lipinski definition) is 8. The number of aliphatic hydroxyl groups excluding tert-OH is 1. The smallest absolute Gasteiger partial charge is 0.408 e. The second kappa shape index (κ2) is 20.9. The fourth-order valence-corrected chi connectivity index (χ4v) is 5.48. The van der Waals surface area contributed by atoms with E-state index in [-0.39, 0.29) is 37.2 Å². The van der Waals surface area contributed by atoms with Gasteiger partial charge in [0.25, 0.3) is 0 Å². The maximum absolute atomic E-state index is 13.8. The Morgan fingerprint density at radius 1 is 0.660 bits per heavy atom. The molecule has 12 nitrogen and oxygen atoms in total. The van der Waals surface area contributed by atoms with Gasteiger partial charge < -0.3 is 35.8 Å². The second-order valence-electron chi connectivity index (χ2n) is 13.8. The van der Waals surface area contributed by atoms with Gasteiger partial charge in [-0.25, -0.2) is 9.59 Å². The highest BCUT2D eigenvalue weighted by molar-refractivity contribution is 5.91. The number of carbonyl (C=O) groups excluding carboxylic acids is 5. The number of carbonyl (C=O) groups is 5. The first-order chi connectivity index (χ1) is 23.6. The molecule has 0 spiro atoms. The molecule has 50 heavy (non-hydrogen) atoms. The lowest BCUT2D eigenvalue weighted by Gasteiger charge is -2.31. The fourth-order valence-electron chi connectivity index (χ4n) is 5.48. The molecule has 4 amide bonds. The fraction of sp³-hybridized carbons (Fsp3) is 0.553. The van der Waals surface area contributed by atoms with Crippen molar-refractivity contribution in [2.24, 2.45) is 23.7 Å². The number of alkyl carbamates (subject to hydrolysis) is 1. The van der Waals surface area contributed by atoms with Crippen LogP contribution in [-0.2, 0) is 41.7 Å². The van der Waals surface area contributed by atoms with Gasteiger partial charge in [0.2, 0.25) is 17.7 Å². The second-order valence-corrected chi connectivity index (χ2v) is 13.8. The minimum atomic E-state index is -1.16. The van der Waals surface area contributed by atoms with Gasteiger partial charge in [-0.3, -0.25) is 14.4 Å². The van der Waals surface area contributed by atoms with Gasteiger partial charge in [0.1, 0.15) is 24.7 Å². The number of amides is 4. The van der Waals surface area contributed by atoms with Gasteiger partial charge in [-0.2, -0.15) is 0 Å². The van der Waals surface area contributed by atoms with Crippen molar-refractivity contribution in [1.82, 2.24) is 21.3 Å². The number of methoxy groups -OCH3 is 1. The van der Waals surface area contributed by atoms with Crippen LogP contribution in [0.25, 0.3) is 0 Å². The molecule has 5 N–H and O–H groups in total. The number of ether oxygens (including phenoxy) is 2. The largest absolute Gasteiger partial charge is 0.467 e. The van der Waals surface area contributed by atoms with E-state index in [1.54, 1.807) is 27.7 Å². The number of aliphatic hydroxyl groups is 1. The third-order valence-electron chi connectivity index (χ3n) is 8.35. The maximum atomic E-state index is 13.8. The van der Waals surface area contributed by atoms with Gasteiger partial charge in [-0.15, -0.1) is 0 Å². The van der Waals surface area contributed by atoms with Crippen molar-refractivity contribution in [3.05, 3.63) is 71.8 Å². The number of hydrogen-bond donors (Lipinski definition) is 5. The van der Waals surface area contributed by atoms with E-state index in [0.29, 0.717) is 6.42 Å². The van der Waals surface area contributed by atoms with Crippen LogP contribution in [-0.4, -0.2) is 72.3 Å². The molecule has 2 unspecified atom stereocenters. The summed E-state index contributed by atoms with van der Waals surface area (Å²) in [6, 6.07) is 14.8. The Morgan fingerprint density at radius 2 is 1.20 bits per heavy atom. The normalized spacial score (nSPS) is 14.9. The molecule has 2 rings (SSSR count). The summed E-state index contributed by atoms with van der Waals surface area (Å²) in [5.41, 5.74) is 1.65. The summed E-state index contributed by atoms with van der Waals surface area (Å²) in [6.07, 6.45) is -1.27. The summed E-state index contributed by atoms with van der Waals surface area (Å²) < 4.78 is 10.1. The Bertz CT molecular complexity index is 1370. The van der Waals surface area contributed by atoms with Gasteiger partial charge in [0, 0.05) is 5.92 Å². The summed E-state index contributed by atoms with van der Waals surface area (Å²) in [7, 11) is 1.25. The third kappa shape index (κ3) is 14.2. The third-order valence-corrected chi connectivity index (χ3v) is 8.35. The first-order valence-corrected chi connectivity index (χ1v) is 17.3. The van der Waals surface area contributed by atoms with Crippen LogP contribution in [0.4, 0.5) is 4.79 Å². The molecule has 0 aliphatic heterocycles. The lowest BCUT2D eigenvalue weighted by Crippen LogP contribution is -2.56. The van der Waals surface area contributed by atoms with Crippen LogP contribution in [0.1, 0.15) is 72.4 Å². The van der Waals surface area contributed by atoms with Crippen molar-refractivity contribution in [2.75, 3.05) is 7.11 Å². The average molecular weight is 697 g/mol. The molecule has 2 aromatic rings. The highest BCUT2D eigenvalue weighted by Crippen LogP contribution is 2.22. The average Bonchev–Trinajstić information content (AvgIpc) is 3.07. The highest BCUT2D eigenvalue weighted by Gasteiger charge is 2.35. The van der Waals surface area contributed by atoms with Crippen LogP contribution in [0.5, 0.6) is 0 Å². The van der Waals surface area contributed by atoms with E-state index in [0.717, 1.165) is 11.1 Å². The number of nitrogens with one attached hydrogen (secondary N) is 4. The first kappa shape index (κ1) is 41.7. The molecule has 276 valence electrons.